The molecule has 0 aromatic heterocycles. The summed E-state index contributed by atoms with van der Waals surface area (Å²) in [6, 6.07) is 0. The lowest BCUT2D eigenvalue weighted by Crippen LogP contribution is -2.44. The molecule has 2 nitrogen and oxygen atoms in total. The third-order valence-electron chi connectivity index (χ3n) is 1.99. The van der Waals surface area contributed by atoms with Crippen LogP contribution in [0.15, 0.2) is 0 Å². The number of rotatable bonds is 1. The number of thiocarbonyl (C=S) groups is 1. The van der Waals surface area contributed by atoms with Gasteiger partial charge >= 0.3 is 0 Å². The van der Waals surface area contributed by atoms with Crippen LogP contribution in [0.25, 0.3) is 0 Å². The van der Waals surface area contributed by atoms with E-state index in [0.29, 0.717) is 4.99 Å². The van der Waals surface area contributed by atoms with Crippen LogP contribution in [0.2, 0.25) is 0 Å². The molecule has 1 fully saturated rings. The fraction of sp³-hybridized carbons (Fsp3) is 0.857. The van der Waals surface area contributed by atoms with Gasteiger partial charge in [0.15, 0.2) is 0 Å². The summed E-state index contributed by atoms with van der Waals surface area (Å²) in [5.41, 5.74) is 5.20. The molecule has 10 heavy (non-hydrogen) atoms. The molecule has 0 aromatic carbocycles. The zero-order valence-corrected chi connectivity index (χ0v) is 7.04. The Bertz CT molecular complexity index is 141. The second kappa shape index (κ2) is 2.84. The third kappa shape index (κ3) is 1.47. The summed E-state index contributed by atoms with van der Waals surface area (Å²) in [4.78, 5) is 0.493. The number of hydrogen-bond donors (Lipinski definition) is 1. The molecule has 0 spiro atoms. The monoisotopic (exact) mass is 159 g/mol. The van der Waals surface area contributed by atoms with Crippen molar-refractivity contribution >= 4 is 17.2 Å². The van der Waals surface area contributed by atoms with Crippen LogP contribution >= 0.6 is 12.2 Å². The molecule has 1 saturated heterocycles. The van der Waals surface area contributed by atoms with E-state index in [9.17, 15) is 0 Å². The van der Waals surface area contributed by atoms with Crippen molar-refractivity contribution in [2.45, 2.75) is 31.8 Å². The van der Waals surface area contributed by atoms with E-state index in [1.807, 2.05) is 6.92 Å². The Morgan fingerprint density at radius 3 is 2.60 bits per heavy atom. The highest BCUT2D eigenvalue weighted by atomic mass is 32.1. The molecule has 0 aromatic rings. The van der Waals surface area contributed by atoms with Gasteiger partial charge in [0.2, 0.25) is 0 Å². The van der Waals surface area contributed by atoms with Crippen molar-refractivity contribution in [3.05, 3.63) is 0 Å². The highest BCUT2D eigenvalue weighted by Crippen LogP contribution is 2.24. The molecule has 2 N–H and O–H groups in total. The molecular weight excluding hydrogens is 146 g/mol. The Morgan fingerprint density at radius 1 is 1.60 bits per heavy atom. The minimum absolute atomic E-state index is 0.312. The van der Waals surface area contributed by atoms with E-state index in [1.165, 1.54) is 6.42 Å². The fourth-order valence-corrected chi connectivity index (χ4v) is 1.29. The van der Waals surface area contributed by atoms with Crippen LogP contribution in [-0.2, 0) is 4.74 Å². The van der Waals surface area contributed by atoms with E-state index in [2.05, 4.69) is 0 Å². The van der Waals surface area contributed by atoms with Gasteiger partial charge in [-0.1, -0.05) is 12.2 Å². The largest absolute Gasteiger partial charge is 0.391 e. The maximum absolute atomic E-state index is 5.51. The van der Waals surface area contributed by atoms with E-state index in [4.69, 9.17) is 22.7 Å². The standard InChI is InChI=1S/C7H13NOS/c1-7(6(8)10)4-2-3-5-9-7/h2-5H2,1H3,(H2,8,10). The summed E-state index contributed by atoms with van der Waals surface area (Å²) in [6.45, 7) is 2.77. The van der Waals surface area contributed by atoms with Gasteiger partial charge in [0.1, 0.15) is 10.6 Å². The summed E-state index contributed by atoms with van der Waals surface area (Å²) in [5.74, 6) is 0. The van der Waals surface area contributed by atoms with E-state index >= 15 is 0 Å². The molecule has 0 saturated carbocycles. The van der Waals surface area contributed by atoms with Crippen molar-refractivity contribution < 1.29 is 4.74 Å². The van der Waals surface area contributed by atoms with E-state index in [1.54, 1.807) is 0 Å². The van der Waals surface area contributed by atoms with Crippen LogP contribution in [-0.4, -0.2) is 17.2 Å². The first kappa shape index (κ1) is 7.95. The lowest BCUT2D eigenvalue weighted by Gasteiger charge is -2.32. The molecule has 1 aliphatic rings. The number of nitrogens with two attached hydrogens (primary N) is 1. The maximum Gasteiger partial charge on any atom is 0.115 e. The summed E-state index contributed by atoms with van der Waals surface area (Å²) >= 11 is 4.88. The predicted octanol–water partition coefficient (Wildman–Crippen LogP) is 1.23. The lowest BCUT2D eigenvalue weighted by molar-refractivity contribution is -0.0141. The van der Waals surface area contributed by atoms with Gasteiger partial charge in [-0.25, -0.2) is 0 Å². The number of ether oxygens (including phenoxy) is 1. The van der Waals surface area contributed by atoms with Crippen LogP contribution in [0.5, 0.6) is 0 Å². The van der Waals surface area contributed by atoms with Gasteiger partial charge in [-0.15, -0.1) is 0 Å². The minimum Gasteiger partial charge on any atom is -0.391 e. The third-order valence-corrected chi connectivity index (χ3v) is 2.42. The van der Waals surface area contributed by atoms with Gasteiger partial charge in [-0.05, 0) is 26.2 Å². The van der Waals surface area contributed by atoms with Gasteiger partial charge in [0.25, 0.3) is 0 Å². The van der Waals surface area contributed by atoms with Gasteiger partial charge in [0.05, 0.1) is 0 Å². The quantitative estimate of drug-likeness (QED) is 0.584. The van der Waals surface area contributed by atoms with E-state index in [-0.39, 0.29) is 5.60 Å². The van der Waals surface area contributed by atoms with Crippen molar-refractivity contribution in [2.24, 2.45) is 5.73 Å². The zero-order chi connectivity index (χ0) is 7.61. The summed E-state index contributed by atoms with van der Waals surface area (Å²) < 4.78 is 5.46. The lowest BCUT2D eigenvalue weighted by atomic mass is 9.96. The van der Waals surface area contributed by atoms with Crippen LogP contribution in [0, 0.1) is 0 Å². The summed E-state index contributed by atoms with van der Waals surface area (Å²) in [6.07, 6.45) is 3.29. The highest BCUT2D eigenvalue weighted by molar-refractivity contribution is 7.80. The van der Waals surface area contributed by atoms with Crippen LogP contribution in [0.1, 0.15) is 26.2 Å². The molecule has 1 aliphatic heterocycles. The van der Waals surface area contributed by atoms with E-state index < -0.39 is 0 Å². The second-order valence-corrected chi connectivity index (χ2v) is 3.34. The molecule has 3 heteroatoms. The van der Waals surface area contributed by atoms with Crippen LogP contribution < -0.4 is 5.73 Å². The first-order chi connectivity index (χ1) is 4.65. The van der Waals surface area contributed by atoms with Crippen molar-refractivity contribution in [2.75, 3.05) is 6.61 Å². The average molecular weight is 159 g/mol. The van der Waals surface area contributed by atoms with Gasteiger partial charge in [-0.2, -0.15) is 0 Å². The Labute approximate surface area is 66.7 Å². The molecule has 58 valence electrons. The molecule has 1 heterocycles. The normalized spacial score (nSPS) is 33.7. The molecule has 0 bridgehead atoms. The van der Waals surface area contributed by atoms with Crippen molar-refractivity contribution in [1.29, 1.82) is 0 Å². The molecule has 1 atom stereocenters. The van der Waals surface area contributed by atoms with Crippen molar-refractivity contribution in [3.63, 3.8) is 0 Å². The molecule has 1 rings (SSSR count). The van der Waals surface area contributed by atoms with E-state index in [0.717, 1.165) is 19.4 Å². The first-order valence-electron chi connectivity index (χ1n) is 3.59. The SMILES string of the molecule is CC1(C(N)=S)CCCCO1. The molecule has 0 amide bonds. The summed E-state index contributed by atoms with van der Waals surface area (Å²) in [7, 11) is 0. The Balaban J connectivity index is 2.56. The Hall–Kier alpha value is -0.150. The van der Waals surface area contributed by atoms with Crippen molar-refractivity contribution in [3.8, 4) is 0 Å². The number of hydrogen-bond acceptors (Lipinski definition) is 2. The molecule has 0 radical (unpaired) electrons. The Morgan fingerprint density at radius 2 is 2.30 bits per heavy atom. The van der Waals surface area contributed by atoms with Gasteiger partial charge in [0, 0.05) is 6.61 Å². The molecule has 1 unspecified atom stereocenters. The predicted molar refractivity (Wildman–Crippen MR) is 45.0 cm³/mol. The zero-order valence-electron chi connectivity index (χ0n) is 6.22. The van der Waals surface area contributed by atoms with Gasteiger partial charge in [-0.3, -0.25) is 0 Å². The van der Waals surface area contributed by atoms with Crippen LogP contribution in [0.3, 0.4) is 0 Å². The van der Waals surface area contributed by atoms with Crippen molar-refractivity contribution in [1.82, 2.24) is 0 Å². The smallest absolute Gasteiger partial charge is 0.115 e. The summed E-state index contributed by atoms with van der Waals surface area (Å²) in [5, 5.41) is 0. The highest BCUT2D eigenvalue weighted by Gasteiger charge is 2.30. The molecule has 0 aliphatic carbocycles. The second-order valence-electron chi connectivity index (χ2n) is 2.90. The maximum atomic E-state index is 5.51. The topological polar surface area (TPSA) is 35.2 Å². The average Bonchev–Trinajstić information content (AvgIpc) is 1.89. The first-order valence-corrected chi connectivity index (χ1v) is 4.00. The Kier molecular flexibility index (Phi) is 2.26. The van der Waals surface area contributed by atoms with Gasteiger partial charge < -0.3 is 10.5 Å². The van der Waals surface area contributed by atoms with Crippen LogP contribution in [0.4, 0.5) is 0 Å². The fourth-order valence-electron chi connectivity index (χ4n) is 1.13. The molecular formula is C7H13NOS. The minimum atomic E-state index is -0.312.